The lowest BCUT2D eigenvalue weighted by Crippen LogP contribution is -2.37. The van der Waals surface area contributed by atoms with Crippen LogP contribution in [0.3, 0.4) is 0 Å². The van der Waals surface area contributed by atoms with E-state index in [2.05, 4.69) is 4.52 Å². The number of hydrogen-bond donors (Lipinski definition) is 1. The first-order chi connectivity index (χ1) is 12.9. The lowest BCUT2D eigenvalue weighted by atomic mass is 10.1. The number of rotatable bonds is 17. The third-order valence-corrected chi connectivity index (χ3v) is 4.66. The summed E-state index contributed by atoms with van der Waals surface area (Å²) in [6.07, 6.45) is 2.41. The molecule has 0 saturated heterocycles. The Hall–Kier alpha value is -1.03. The van der Waals surface area contributed by atoms with Crippen molar-refractivity contribution in [3.63, 3.8) is 0 Å². The van der Waals surface area contributed by atoms with Crippen molar-refractivity contribution in [1.29, 1.82) is 0 Å². The van der Waals surface area contributed by atoms with E-state index in [-0.39, 0.29) is 19.4 Å². The molecule has 11 heteroatoms. The summed E-state index contributed by atoms with van der Waals surface area (Å²) in [4.78, 5) is 33.7. The molecule has 0 fully saturated rings. The number of esters is 1. The molecule has 1 unspecified atom stereocenters. The van der Waals surface area contributed by atoms with Crippen LogP contribution in [-0.2, 0) is 27.9 Å². The fraction of sp³-hybridized carbons (Fsp3) is 0.882. The molecule has 0 aromatic carbocycles. The highest BCUT2D eigenvalue weighted by Crippen LogP contribution is 2.38. The SMILES string of the molecule is C[N+](C)(C)CCOP(=O)([O-])OC[C@@H](CO)OC(=O)CCCCCCCC(=O)[O-]. The number of carboxylic acids is 1. The Morgan fingerprint density at radius 3 is 2.14 bits per heavy atom. The van der Waals surface area contributed by atoms with E-state index in [1.165, 1.54) is 0 Å². The van der Waals surface area contributed by atoms with Gasteiger partial charge in [-0.3, -0.25) is 9.36 Å². The second-order valence-electron chi connectivity index (χ2n) is 7.52. The number of phosphoric ester groups is 1. The van der Waals surface area contributed by atoms with Crippen LogP contribution in [0.25, 0.3) is 0 Å². The first-order valence-corrected chi connectivity index (χ1v) is 10.8. The van der Waals surface area contributed by atoms with Gasteiger partial charge >= 0.3 is 5.97 Å². The predicted octanol–water partition coefficient (Wildman–Crippen LogP) is -0.421. The summed E-state index contributed by atoms with van der Waals surface area (Å²) in [5, 5.41) is 19.5. The molecule has 0 aromatic heterocycles. The van der Waals surface area contributed by atoms with Crippen LogP contribution in [0.15, 0.2) is 0 Å². The minimum Gasteiger partial charge on any atom is -0.756 e. The van der Waals surface area contributed by atoms with Gasteiger partial charge in [0.05, 0.1) is 34.4 Å². The van der Waals surface area contributed by atoms with E-state index in [1.807, 2.05) is 21.1 Å². The van der Waals surface area contributed by atoms with Gasteiger partial charge in [-0.25, -0.2) is 0 Å². The van der Waals surface area contributed by atoms with Crippen molar-refractivity contribution in [1.82, 2.24) is 0 Å². The van der Waals surface area contributed by atoms with Gasteiger partial charge in [-0.2, -0.15) is 0 Å². The Morgan fingerprint density at radius 2 is 1.61 bits per heavy atom. The molecule has 0 aliphatic rings. The van der Waals surface area contributed by atoms with E-state index in [0.29, 0.717) is 23.9 Å². The Morgan fingerprint density at radius 1 is 1.04 bits per heavy atom. The minimum absolute atomic E-state index is 0.0306. The Bertz CT molecular complexity index is 507. The van der Waals surface area contributed by atoms with E-state index in [4.69, 9.17) is 9.26 Å². The van der Waals surface area contributed by atoms with Gasteiger partial charge in [0.1, 0.15) is 19.3 Å². The Balaban J connectivity index is 3.98. The molecule has 166 valence electrons. The fourth-order valence-corrected chi connectivity index (χ4v) is 2.80. The molecule has 0 aliphatic carbocycles. The van der Waals surface area contributed by atoms with Crippen LogP contribution in [0.1, 0.15) is 44.9 Å². The zero-order valence-corrected chi connectivity index (χ0v) is 17.9. The maximum absolute atomic E-state index is 11.7. The number of aliphatic carboxylic acids is 1. The molecule has 0 saturated carbocycles. The average molecular weight is 426 g/mol. The van der Waals surface area contributed by atoms with Gasteiger partial charge in [0.25, 0.3) is 7.82 Å². The summed E-state index contributed by atoms with van der Waals surface area (Å²) in [6.45, 7) is -0.678. The maximum atomic E-state index is 11.7. The number of aliphatic hydroxyl groups is 1. The zero-order chi connectivity index (χ0) is 21.6. The number of nitrogens with zero attached hydrogens (tertiary/aromatic N) is 1. The quantitative estimate of drug-likeness (QED) is 0.142. The van der Waals surface area contributed by atoms with Crippen LogP contribution in [0, 0.1) is 0 Å². The van der Waals surface area contributed by atoms with Crippen LogP contribution < -0.4 is 10.00 Å². The smallest absolute Gasteiger partial charge is 0.306 e. The van der Waals surface area contributed by atoms with Crippen molar-refractivity contribution in [3.8, 4) is 0 Å². The third-order valence-electron chi connectivity index (χ3n) is 3.69. The topological polar surface area (TPSA) is 145 Å². The van der Waals surface area contributed by atoms with Crippen LogP contribution in [0.2, 0.25) is 0 Å². The van der Waals surface area contributed by atoms with Crippen molar-refractivity contribution in [3.05, 3.63) is 0 Å². The van der Waals surface area contributed by atoms with Gasteiger partial charge < -0.3 is 38.2 Å². The van der Waals surface area contributed by atoms with E-state index in [1.54, 1.807) is 0 Å². The molecule has 0 rings (SSSR count). The monoisotopic (exact) mass is 426 g/mol. The number of likely N-dealkylation sites (N-methyl/N-ethyl adjacent to an activating group) is 1. The van der Waals surface area contributed by atoms with Crippen LogP contribution in [0.4, 0.5) is 0 Å². The normalized spacial score (nSPS) is 15.0. The molecule has 0 aliphatic heterocycles. The first kappa shape index (κ1) is 27.0. The molecule has 0 bridgehead atoms. The van der Waals surface area contributed by atoms with Gasteiger partial charge in [0, 0.05) is 12.4 Å². The third kappa shape index (κ3) is 17.1. The second-order valence-corrected chi connectivity index (χ2v) is 8.94. The lowest BCUT2D eigenvalue weighted by molar-refractivity contribution is -0.870. The summed E-state index contributed by atoms with van der Waals surface area (Å²) in [7, 11) is 1.11. The Labute approximate surface area is 166 Å². The van der Waals surface area contributed by atoms with Crippen molar-refractivity contribution in [2.24, 2.45) is 0 Å². The molecular weight excluding hydrogens is 393 g/mol. The van der Waals surface area contributed by atoms with Crippen molar-refractivity contribution >= 4 is 19.8 Å². The molecule has 1 N–H and O–H groups in total. The molecule has 0 aromatic rings. The van der Waals surface area contributed by atoms with Gasteiger partial charge in [-0.1, -0.05) is 19.3 Å². The number of quaternary nitrogens is 1. The van der Waals surface area contributed by atoms with Crippen LogP contribution >= 0.6 is 7.82 Å². The van der Waals surface area contributed by atoms with E-state index in [9.17, 15) is 29.3 Å². The van der Waals surface area contributed by atoms with Crippen molar-refractivity contribution in [2.75, 3.05) is 47.5 Å². The molecule has 0 heterocycles. The zero-order valence-electron chi connectivity index (χ0n) is 17.0. The predicted molar refractivity (Wildman–Crippen MR) is 96.7 cm³/mol. The number of hydrogen-bond acceptors (Lipinski definition) is 9. The van der Waals surface area contributed by atoms with Crippen molar-refractivity contribution in [2.45, 2.75) is 51.0 Å². The molecule has 28 heavy (non-hydrogen) atoms. The minimum atomic E-state index is -4.54. The number of unbranched alkanes of at least 4 members (excludes halogenated alkanes) is 4. The highest BCUT2D eigenvalue weighted by Gasteiger charge is 2.19. The summed E-state index contributed by atoms with van der Waals surface area (Å²) in [5.74, 6) is -1.63. The molecule has 0 spiro atoms. The van der Waals surface area contributed by atoms with Crippen LogP contribution in [0.5, 0.6) is 0 Å². The number of carboxylic acid groups (broad SMARTS) is 1. The second kappa shape index (κ2) is 14.0. The summed E-state index contributed by atoms with van der Waals surface area (Å²) >= 11 is 0. The number of ether oxygens (including phenoxy) is 1. The first-order valence-electron chi connectivity index (χ1n) is 9.36. The summed E-state index contributed by atoms with van der Waals surface area (Å²) < 4.78 is 26.6. The standard InChI is InChI=1S/C17H34NO9P/c1-18(2,3)11-12-25-28(23,24)26-14-15(13-19)27-17(22)10-8-6-4-5-7-9-16(20)21/h15,19H,4-14H2,1-3H3,(H-,20,21,23,24)/p-1/t15-/m1/s1. The number of aliphatic hydroxyl groups excluding tert-OH is 1. The molecular formula is C17H33NO9P-. The summed E-state index contributed by atoms with van der Waals surface area (Å²) in [5.41, 5.74) is 0. The number of carbonyl (C=O) groups is 2. The summed E-state index contributed by atoms with van der Waals surface area (Å²) in [6, 6.07) is 0. The molecule has 2 atom stereocenters. The van der Waals surface area contributed by atoms with Gasteiger partial charge in [0.15, 0.2) is 0 Å². The largest absolute Gasteiger partial charge is 0.756 e. The molecule has 0 amide bonds. The highest BCUT2D eigenvalue weighted by molar-refractivity contribution is 7.45. The number of carbonyl (C=O) groups excluding carboxylic acids is 2. The molecule has 10 nitrogen and oxygen atoms in total. The van der Waals surface area contributed by atoms with Gasteiger partial charge in [0.2, 0.25) is 0 Å². The molecule has 0 radical (unpaired) electrons. The van der Waals surface area contributed by atoms with Crippen LogP contribution in [-0.4, -0.2) is 75.1 Å². The Kier molecular flexibility index (Phi) is 13.5. The van der Waals surface area contributed by atoms with Gasteiger partial charge in [-0.05, 0) is 19.3 Å². The van der Waals surface area contributed by atoms with Crippen molar-refractivity contribution < 1.29 is 47.5 Å². The number of phosphoric acid groups is 1. The van der Waals surface area contributed by atoms with E-state index >= 15 is 0 Å². The maximum Gasteiger partial charge on any atom is 0.306 e. The highest BCUT2D eigenvalue weighted by atomic mass is 31.2. The lowest BCUT2D eigenvalue weighted by Gasteiger charge is -2.28. The average Bonchev–Trinajstić information content (AvgIpc) is 2.56. The van der Waals surface area contributed by atoms with Gasteiger partial charge in [-0.15, -0.1) is 0 Å². The van der Waals surface area contributed by atoms with E-state index < -0.39 is 39.1 Å². The fourth-order valence-electron chi connectivity index (χ4n) is 2.08. The van der Waals surface area contributed by atoms with E-state index in [0.717, 1.165) is 19.3 Å².